The maximum absolute atomic E-state index is 12.7. The van der Waals surface area contributed by atoms with E-state index in [1.54, 1.807) is 0 Å². The van der Waals surface area contributed by atoms with Gasteiger partial charge < -0.3 is 0 Å². The van der Waals surface area contributed by atoms with Crippen LogP contribution in [0.1, 0.15) is 19.3 Å². The number of nitrogens with two attached hydrogens (primary N) is 1. The summed E-state index contributed by atoms with van der Waals surface area (Å²) < 4.78 is 25.5. The molecule has 4 heteroatoms. The van der Waals surface area contributed by atoms with Crippen molar-refractivity contribution >= 4 is 0 Å². The van der Waals surface area contributed by atoms with Gasteiger partial charge in [-0.3, -0.25) is 5.84 Å². The van der Waals surface area contributed by atoms with Crippen molar-refractivity contribution in [3.8, 4) is 0 Å². The number of hydrogen-bond donors (Lipinski definition) is 1. The van der Waals surface area contributed by atoms with E-state index in [0.29, 0.717) is 12.8 Å². The van der Waals surface area contributed by atoms with Crippen LogP contribution in [0, 0.1) is 0 Å². The van der Waals surface area contributed by atoms with E-state index in [1.807, 2.05) is 0 Å². The molecule has 1 aliphatic rings. The van der Waals surface area contributed by atoms with Crippen LogP contribution in [0.15, 0.2) is 0 Å². The topological polar surface area (TPSA) is 29.3 Å². The molecule has 1 saturated carbocycles. The monoisotopic (exact) mass is 150 g/mol. The lowest BCUT2D eigenvalue weighted by molar-refractivity contribution is -0.0549. The van der Waals surface area contributed by atoms with Crippen molar-refractivity contribution in [2.75, 3.05) is 7.05 Å². The Hall–Kier alpha value is -0.220. The van der Waals surface area contributed by atoms with Gasteiger partial charge in [-0.25, -0.2) is 13.8 Å². The number of rotatable bonds is 1. The summed E-state index contributed by atoms with van der Waals surface area (Å²) in [6, 6.07) is -0.743. The molecule has 0 amide bonds. The molecule has 2 N–H and O–H groups in total. The third-order valence-electron chi connectivity index (χ3n) is 1.97. The second kappa shape index (κ2) is 2.43. The predicted octanol–water partition coefficient (Wildman–Crippen LogP) is 0.980. The van der Waals surface area contributed by atoms with Crippen LogP contribution in [0.25, 0.3) is 0 Å². The van der Waals surface area contributed by atoms with Crippen molar-refractivity contribution in [1.82, 2.24) is 5.01 Å². The van der Waals surface area contributed by atoms with Gasteiger partial charge in [0.25, 0.3) is 5.92 Å². The zero-order chi connectivity index (χ0) is 7.78. The molecule has 1 rings (SSSR count). The Morgan fingerprint density at radius 3 is 2.40 bits per heavy atom. The Morgan fingerprint density at radius 2 is 2.20 bits per heavy atom. The van der Waals surface area contributed by atoms with E-state index in [4.69, 9.17) is 5.84 Å². The van der Waals surface area contributed by atoms with E-state index >= 15 is 0 Å². The first kappa shape index (κ1) is 7.88. The van der Waals surface area contributed by atoms with Gasteiger partial charge in [-0.2, -0.15) is 0 Å². The molecule has 60 valence electrons. The summed E-state index contributed by atoms with van der Waals surface area (Å²) in [4.78, 5) is 0. The number of hydrogen-bond acceptors (Lipinski definition) is 2. The molecule has 0 heterocycles. The van der Waals surface area contributed by atoms with Crippen molar-refractivity contribution < 1.29 is 8.78 Å². The Kier molecular flexibility index (Phi) is 1.92. The highest BCUT2D eigenvalue weighted by Crippen LogP contribution is 2.36. The molecule has 0 aromatic carbocycles. The quantitative estimate of drug-likeness (QED) is 0.446. The highest BCUT2D eigenvalue weighted by Gasteiger charge is 2.45. The van der Waals surface area contributed by atoms with E-state index in [-0.39, 0.29) is 6.42 Å². The van der Waals surface area contributed by atoms with Crippen LogP contribution in [-0.2, 0) is 0 Å². The summed E-state index contributed by atoms with van der Waals surface area (Å²) in [6.45, 7) is 0. The van der Waals surface area contributed by atoms with Gasteiger partial charge in [-0.1, -0.05) is 0 Å². The van der Waals surface area contributed by atoms with Crippen LogP contribution in [0.4, 0.5) is 8.78 Å². The molecule has 10 heavy (non-hydrogen) atoms. The molecule has 1 aliphatic carbocycles. The first-order valence-electron chi connectivity index (χ1n) is 3.39. The third-order valence-corrected chi connectivity index (χ3v) is 1.97. The largest absolute Gasteiger partial charge is 0.269 e. The molecule has 0 radical (unpaired) electrons. The highest BCUT2D eigenvalue weighted by molar-refractivity contribution is 4.88. The normalized spacial score (nSPS) is 31.5. The fourth-order valence-corrected chi connectivity index (χ4v) is 1.41. The molecule has 0 saturated heterocycles. The minimum Gasteiger partial charge on any atom is -0.269 e. The van der Waals surface area contributed by atoms with Crippen LogP contribution in [0.2, 0.25) is 0 Å². The molecule has 1 fully saturated rings. The SMILES string of the molecule is CN(N)C1CCCC1(F)F. The minimum absolute atomic E-state index is 0.0147. The molecule has 0 aromatic rings. The van der Waals surface area contributed by atoms with Gasteiger partial charge in [0, 0.05) is 13.5 Å². The highest BCUT2D eigenvalue weighted by atomic mass is 19.3. The number of hydrazine groups is 1. The summed E-state index contributed by atoms with van der Waals surface area (Å²) in [5, 5.41) is 1.12. The average molecular weight is 150 g/mol. The molecule has 0 bridgehead atoms. The second-order valence-corrected chi connectivity index (χ2v) is 2.83. The van der Waals surface area contributed by atoms with Crippen LogP contribution in [0.3, 0.4) is 0 Å². The lowest BCUT2D eigenvalue weighted by Crippen LogP contribution is -2.45. The zero-order valence-electron chi connectivity index (χ0n) is 5.98. The van der Waals surface area contributed by atoms with Crippen LogP contribution in [-0.4, -0.2) is 24.0 Å². The molecule has 2 nitrogen and oxygen atoms in total. The zero-order valence-corrected chi connectivity index (χ0v) is 5.98. The minimum atomic E-state index is -2.57. The van der Waals surface area contributed by atoms with Crippen molar-refractivity contribution in [3.63, 3.8) is 0 Å². The van der Waals surface area contributed by atoms with E-state index in [0.717, 1.165) is 5.01 Å². The van der Waals surface area contributed by atoms with E-state index in [1.165, 1.54) is 7.05 Å². The van der Waals surface area contributed by atoms with Crippen LogP contribution < -0.4 is 5.84 Å². The maximum Gasteiger partial charge on any atom is 0.264 e. The fraction of sp³-hybridized carbons (Fsp3) is 1.00. The summed E-state index contributed by atoms with van der Waals surface area (Å²) in [5.74, 6) is 2.66. The van der Waals surface area contributed by atoms with E-state index < -0.39 is 12.0 Å². The van der Waals surface area contributed by atoms with Crippen LogP contribution >= 0.6 is 0 Å². The lowest BCUT2D eigenvalue weighted by atomic mass is 10.2. The van der Waals surface area contributed by atoms with Crippen molar-refractivity contribution in [3.05, 3.63) is 0 Å². The van der Waals surface area contributed by atoms with Crippen molar-refractivity contribution in [2.45, 2.75) is 31.2 Å². The summed E-state index contributed by atoms with van der Waals surface area (Å²) in [5.41, 5.74) is 0. The molecule has 0 aliphatic heterocycles. The predicted molar refractivity (Wildman–Crippen MR) is 34.5 cm³/mol. The first-order chi connectivity index (χ1) is 4.54. The smallest absolute Gasteiger partial charge is 0.264 e. The van der Waals surface area contributed by atoms with Gasteiger partial charge in [0.15, 0.2) is 0 Å². The summed E-state index contributed by atoms with van der Waals surface area (Å²) in [6.07, 6.45) is 1.08. The van der Waals surface area contributed by atoms with Gasteiger partial charge in [0.1, 0.15) is 0 Å². The van der Waals surface area contributed by atoms with Gasteiger partial charge in [0.2, 0.25) is 0 Å². The molecule has 0 aromatic heterocycles. The Labute approximate surface area is 59.0 Å². The molecule has 1 unspecified atom stereocenters. The summed E-state index contributed by atoms with van der Waals surface area (Å²) >= 11 is 0. The fourth-order valence-electron chi connectivity index (χ4n) is 1.41. The van der Waals surface area contributed by atoms with Crippen LogP contribution in [0.5, 0.6) is 0 Å². The van der Waals surface area contributed by atoms with Crippen molar-refractivity contribution in [1.29, 1.82) is 0 Å². The number of nitrogens with zero attached hydrogens (tertiary/aromatic N) is 1. The number of alkyl halides is 2. The lowest BCUT2D eigenvalue weighted by Gasteiger charge is -2.24. The molecular formula is C6H12F2N2. The second-order valence-electron chi connectivity index (χ2n) is 2.83. The first-order valence-corrected chi connectivity index (χ1v) is 3.39. The third kappa shape index (κ3) is 1.27. The van der Waals surface area contributed by atoms with Gasteiger partial charge >= 0.3 is 0 Å². The van der Waals surface area contributed by atoms with Gasteiger partial charge in [-0.15, -0.1) is 0 Å². The van der Waals surface area contributed by atoms with Crippen molar-refractivity contribution in [2.24, 2.45) is 5.84 Å². The molecule has 1 atom stereocenters. The maximum atomic E-state index is 12.7. The average Bonchev–Trinajstić information content (AvgIpc) is 2.08. The summed E-state index contributed by atoms with van der Waals surface area (Å²) in [7, 11) is 1.49. The van der Waals surface area contributed by atoms with E-state index in [2.05, 4.69) is 0 Å². The Morgan fingerprint density at radius 1 is 1.60 bits per heavy atom. The van der Waals surface area contributed by atoms with E-state index in [9.17, 15) is 8.78 Å². The molecular weight excluding hydrogens is 138 g/mol. The Bertz CT molecular complexity index is 125. The standard InChI is InChI=1S/C6H12F2N2/c1-10(9)5-3-2-4-6(5,7)8/h5H,2-4,9H2,1H3. The van der Waals surface area contributed by atoms with Gasteiger partial charge in [0.05, 0.1) is 6.04 Å². The molecule has 0 spiro atoms. The number of halogens is 2. The van der Waals surface area contributed by atoms with Gasteiger partial charge in [-0.05, 0) is 12.8 Å². The Balaban J connectivity index is 2.59.